The zero-order valence-electron chi connectivity index (χ0n) is 13.5. The summed E-state index contributed by atoms with van der Waals surface area (Å²) in [5.74, 6) is -0.407. The van der Waals surface area contributed by atoms with Crippen molar-refractivity contribution in [3.63, 3.8) is 0 Å². The van der Waals surface area contributed by atoms with Crippen LogP contribution in [0.3, 0.4) is 0 Å². The maximum absolute atomic E-state index is 12.0. The van der Waals surface area contributed by atoms with Crippen LogP contribution in [0, 0.1) is 0 Å². The van der Waals surface area contributed by atoms with E-state index < -0.39 is 5.97 Å². The third-order valence-electron chi connectivity index (χ3n) is 3.19. The van der Waals surface area contributed by atoms with E-state index in [2.05, 4.69) is 17.6 Å². The zero-order chi connectivity index (χ0) is 16.2. The zero-order valence-corrected chi connectivity index (χ0v) is 13.5. The van der Waals surface area contributed by atoms with E-state index in [-0.39, 0.29) is 6.03 Å². The molecule has 2 N–H and O–H groups in total. The fraction of sp³-hybridized carbons (Fsp3) is 0.529. The third-order valence-corrected chi connectivity index (χ3v) is 3.19. The highest BCUT2D eigenvalue weighted by atomic mass is 16.5. The Balaban J connectivity index is 2.55. The van der Waals surface area contributed by atoms with Gasteiger partial charge < -0.3 is 15.4 Å². The molecule has 122 valence electrons. The second-order valence-corrected chi connectivity index (χ2v) is 5.12. The molecule has 0 aromatic heterocycles. The van der Waals surface area contributed by atoms with Crippen LogP contribution >= 0.6 is 0 Å². The van der Waals surface area contributed by atoms with E-state index in [0.717, 1.165) is 32.1 Å². The molecule has 2 amide bonds. The Bertz CT molecular complexity index is 475. The predicted octanol–water partition coefficient (Wildman–Crippen LogP) is 3.96. The molecule has 22 heavy (non-hydrogen) atoms. The number of anilines is 1. The molecule has 1 aromatic rings. The molecule has 0 saturated heterocycles. The van der Waals surface area contributed by atoms with E-state index in [1.807, 2.05) is 6.92 Å². The number of hydrogen-bond donors (Lipinski definition) is 2. The highest BCUT2D eigenvalue weighted by Gasteiger charge is 2.13. The van der Waals surface area contributed by atoms with E-state index in [9.17, 15) is 9.59 Å². The highest BCUT2D eigenvalue weighted by molar-refractivity contribution is 6.00. The summed E-state index contributed by atoms with van der Waals surface area (Å²) in [6.07, 6.45) is 4.94. The van der Waals surface area contributed by atoms with Crippen LogP contribution in [-0.4, -0.2) is 25.2 Å². The van der Waals surface area contributed by atoms with Gasteiger partial charge in [-0.05, 0) is 25.0 Å². The first-order chi connectivity index (χ1) is 10.7. The second kappa shape index (κ2) is 10.7. The molecular weight excluding hydrogens is 280 g/mol. The number of ether oxygens (including phenoxy) is 1. The van der Waals surface area contributed by atoms with Crippen molar-refractivity contribution in [3.8, 4) is 0 Å². The van der Waals surface area contributed by atoms with Gasteiger partial charge in [-0.25, -0.2) is 9.59 Å². The predicted molar refractivity (Wildman–Crippen MR) is 88.2 cm³/mol. The van der Waals surface area contributed by atoms with Crippen molar-refractivity contribution in [3.05, 3.63) is 29.8 Å². The molecule has 0 spiro atoms. The van der Waals surface area contributed by atoms with Gasteiger partial charge in [-0.3, -0.25) is 0 Å². The molecule has 0 aliphatic carbocycles. The molecule has 5 heteroatoms. The lowest BCUT2D eigenvalue weighted by Crippen LogP contribution is -2.30. The van der Waals surface area contributed by atoms with Crippen molar-refractivity contribution in [1.29, 1.82) is 0 Å². The molecule has 0 bridgehead atoms. The van der Waals surface area contributed by atoms with Gasteiger partial charge in [0, 0.05) is 6.54 Å². The third kappa shape index (κ3) is 6.61. The number of urea groups is 1. The van der Waals surface area contributed by atoms with Crippen LogP contribution in [0.25, 0.3) is 0 Å². The lowest BCUT2D eigenvalue weighted by Gasteiger charge is -2.11. The summed E-state index contributed by atoms with van der Waals surface area (Å²) in [6, 6.07) is 6.57. The van der Waals surface area contributed by atoms with Crippen molar-refractivity contribution in [2.45, 2.75) is 46.0 Å². The molecule has 0 aliphatic rings. The Labute approximate surface area is 132 Å². The van der Waals surface area contributed by atoms with Gasteiger partial charge in [-0.2, -0.15) is 0 Å². The van der Waals surface area contributed by atoms with Gasteiger partial charge in [0.1, 0.15) is 0 Å². The van der Waals surface area contributed by atoms with Crippen molar-refractivity contribution in [1.82, 2.24) is 5.32 Å². The topological polar surface area (TPSA) is 67.4 Å². The van der Waals surface area contributed by atoms with Gasteiger partial charge in [-0.1, -0.05) is 45.2 Å². The minimum absolute atomic E-state index is 0.301. The maximum Gasteiger partial charge on any atom is 0.340 e. The summed E-state index contributed by atoms with van der Waals surface area (Å²) in [7, 11) is 0. The molecule has 0 aliphatic heterocycles. The fourth-order valence-corrected chi connectivity index (χ4v) is 1.90. The number of esters is 1. The molecule has 5 nitrogen and oxygen atoms in total. The van der Waals surface area contributed by atoms with Crippen molar-refractivity contribution < 1.29 is 14.3 Å². The molecule has 0 unspecified atom stereocenters. The van der Waals surface area contributed by atoms with Crippen molar-refractivity contribution >= 4 is 17.7 Å². The lowest BCUT2D eigenvalue weighted by atomic mass is 10.2. The minimum atomic E-state index is -0.407. The Morgan fingerprint density at radius 2 is 1.77 bits per heavy atom. The van der Waals surface area contributed by atoms with Crippen molar-refractivity contribution in [2.75, 3.05) is 18.5 Å². The summed E-state index contributed by atoms with van der Waals surface area (Å²) < 4.78 is 5.19. The molecule has 0 radical (unpaired) electrons. The average molecular weight is 306 g/mol. The summed E-state index contributed by atoms with van der Waals surface area (Å²) in [5.41, 5.74) is 0.847. The molecule has 1 rings (SSSR count). The standard InChI is InChI=1S/C17H26N2O3/c1-3-5-9-12-18-17(21)19-15-11-8-7-10-14(15)16(20)22-13-6-4-2/h7-8,10-11H,3-6,9,12-13H2,1-2H3,(H2,18,19,21). The van der Waals surface area contributed by atoms with Crippen LogP contribution in [0.15, 0.2) is 24.3 Å². The normalized spacial score (nSPS) is 10.1. The molecule has 0 saturated carbocycles. The summed E-state index contributed by atoms with van der Waals surface area (Å²) in [5, 5.41) is 5.49. The van der Waals surface area contributed by atoms with Crippen LogP contribution in [0.1, 0.15) is 56.3 Å². The van der Waals surface area contributed by atoms with Gasteiger partial charge in [0.05, 0.1) is 17.9 Å². The first-order valence-electron chi connectivity index (χ1n) is 8.00. The number of unbranched alkanes of at least 4 members (excludes halogenated alkanes) is 3. The van der Waals surface area contributed by atoms with Gasteiger partial charge in [-0.15, -0.1) is 0 Å². The average Bonchev–Trinajstić information content (AvgIpc) is 2.52. The van der Waals surface area contributed by atoms with Crippen LogP contribution in [0.5, 0.6) is 0 Å². The van der Waals surface area contributed by atoms with E-state index in [4.69, 9.17) is 4.74 Å². The Kier molecular flexibility index (Phi) is 8.72. The smallest absolute Gasteiger partial charge is 0.340 e. The fourth-order valence-electron chi connectivity index (χ4n) is 1.90. The Morgan fingerprint density at radius 1 is 1.05 bits per heavy atom. The first-order valence-corrected chi connectivity index (χ1v) is 8.00. The number of rotatable bonds is 9. The number of benzene rings is 1. The van der Waals surface area contributed by atoms with Crippen LogP contribution in [-0.2, 0) is 4.74 Å². The molecule has 0 fully saturated rings. The van der Waals surface area contributed by atoms with E-state index in [1.165, 1.54) is 0 Å². The SMILES string of the molecule is CCCCCNC(=O)Nc1ccccc1C(=O)OCCCC. The quantitative estimate of drug-likeness (QED) is 0.536. The number of amides is 2. The summed E-state index contributed by atoms with van der Waals surface area (Å²) >= 11 is 0. The number of para-hydroxylation sites is 1. The highest BCUT2D eigenvalue weighted by Crippen LogP contribution is 2.16. The second-order valence-electron chi connectivity index (χ2n) is 5.12. The Hall–Kier alpha value is -2.04. The number of hydrogen-bond acceptors (Lipinski definition) is 3. The largest absolute Gasteiger partial charge is 0.462 e. The summed E-state index contributed by atoms with van der Waals surface area (Å²) in [4.78, 5) is 23.9. The number of carbonyl (C=O) groups excluding carboxylic acids is 2. The van der Waals surface area contributed by atoms with Gasteiger partial charge in [0.15, 0.2) is 0 Å². The van der Waals surface area contributed by atoms with Gasteiger partial charge in [0.25, 0.3) is 0 Å². The van der Waals surface area contributed by atoms with E-state index in [0.29, 0.717) is 24.4 Å². The first kappa shape index (κ1) is 18.0. The van der Waals surface area contributed by atoms with E-state index in [1.54, 1.807) is 24.3 Å². The number of nitrogens with one attached hydrogen (secondary N) is 2. The molecule has 0 heterocycles. The Morgan fingerprint density at radius 3 is 2.50 bits per heavy atom. The van der Waals surface area contributed by atoms with Crippen molar-refractivity contribution in [2.24, 2.45) is 0 Å². The molecular formula is C17H26N2O3. The maximum atomic E-state index is 12.0. The summed E-state index contributed by atoms with van der Waals surface area (Å²) in [6.45, 7) is 5.17. The monoisotopic (exact) mass is 306 g/mol. The van der Waals surface area contributed by atoms with Crippen LogP contribution in [0.4, 0.5) is 10.5 Å². The molecule has 1 aromatic carbocycles. The van der Waals surface area contributed by atoms with Gasteiger partial charge >= 0.3 is 12.0 Å². The number of carbonyl (C=O) groups is 2. The van der Waals surface area contributed by atoms with Crippen LogP contribution in [0.2, 0.25) is 0 Å². The lowest BCUT2D eigenvalue weighted by molar-refractivity contribution is 0.0501. The van der Waals surface area contributed by atoms with Gasteiger partial charge in [0.2, 0.25) is 0 Å². The van der Waals surface area contributed by atoms with E-state index >= 15 is 0 Å². The van der Waals surface area contributed by atoms with Crippen LogP contribution < -0.4 is 10.6 Å². The molecule has 0 atom stereocenters. The minimum Gasteiger partial charge on any atom is -0.462 e.